The van der Waals surface area contributed by atoms with Crippen LogP contribution in [-0.4, -0.2) is 26.4 Å². The Morgan fingerprint density at radius 2 is 1.75 bits per heavy atom. The lowest BCUT2D eigenvalue weighted by atomic mass is 9.90. The standard InChI is InChI=1S/C23H30F2O3/c1-3-4-5-16-6-8-17(9-7-16)18-10-11-19(27-14-18)15-28-21-13-12-20(26-2)22(24)23(21)25/h6-9,18-19H,3-5,10-15H2,1-2H3. The van der Waals surface area contributed by atoms with E-state index in [-0.39, 0.29) is 24.2 Å². The Balaban J connectivity index is 1.47. The maximum Gasteiger partial charge on any atom is 0.199 e. The van der Waals surface area contributed by atoms with Gasteiger partial charge in [0.2, 0.25) is 0 Å². The molecule has 1 fully saturated rings. The van der Waals surface area contributed by atoms with Crippen LogP contribution in [-0.2, 0) is 20.6 Å². The summed E-state index contributed by atoms with van der Waals surface area (Å²) in [6, 6.07) is 8.85. The normalized spacial score (nSPS) is 23.1. The molecule has 1 aliphatic heterocycles. The van der Waals surface area contributed by atoms with Gasteiger partial charge in [-0.1, -0.05) is 37.6 Å². The van der Waals surface area contributed by atoms with Gasteiger partial charge in [0, 0.05) is 18.8 Å². The molecule has 2 unspecified atom stereocenters. The summed E-state index contributed by atoms with van der Waals surface area (Å²) in [4.78, 5) is 0. The van der Waals surface area contributed by atoms with Crippen molar-refractivity contribution in [2.24, 2.45) is 0 Å². The number of rotatable bonds is 8. The molecular formula is C23H30F2O3. The molecule has 0 aromatic heterocycles. The van der Waals surface area contributed by atoms with Gasteiger partial charge in [0.25, 0.3) is 0 Å². The van der Waals surface area contributed by atoms with Gasteiger partial charge in [0.1, 0.15) is 18.1 Å². The van der Waals surface area contributed by atoms with E-state index in [1.54, 1.807) is 0 Å². The second-order valence-corrected chi connectivity index (χ2v) is 7.56. The number of hydrogen-bond donors (Lipinski definition) is 0. The summed E-state index contributed by atoms with van der Waals surface area (Å²) in [6.45, 7) is 3.09. The molecule has 0 radical (unpaired) electrons. The fraction of sp³-hybridized carbons (Fsp3) is 0.565. The van der Waals surface area contributed by atoms with Gasteiger partial charge in [-0.25, -0.2) is 0 Å². The van der Waals surface area contributed by atoms with E-state index in [1.165, 1.54) is 31.1 Å². The van der Waals surface area contributed by atoms with E-state index in [1.807, 2.05) is 0 Å². The fourth-order valence-corrected chi connectivity index (χ4v) is 3.75. The molecule has 0 saturated carbocycles. The molecule has 28 heavy (non-hydrogen) atoms. The van der Waals surface area contributed by atoms with Gasteiger partial charge >= 0.3 is 0 Å². The maximum atomic E-state index is 14.0. The Bertz CT molecular complexity index is 701. The lowest BCUT2D eigenvalue weighted by Gasteiger charge is -2.30. The van der Waals surface area contributed by atoms with Crippen molar-refractivity contribution in [3.8, 4) is 0 Å². The first kappa shape index (κ1) is 20.8. The van der Waals surface area contributed by atoms with E-state index in [0.29, 0.717) is 25.4 Å². The minimum Gasteiger partial charge on any atom is -0.498 e. The molecule has 1 heterocycles. The van der Waals surface area contributed by atoms with Crippen LogP contribution in [0, 0.1) is 0 Å². The molecule has 0 spiro atoms. The van der Waals surface area contributed by atoms with Crippen molar-refractivity contribution in [2.75, 3.05) is 20.3 Å². The van der Waals surface area contributed by atoms with Crippen LogP contribution in [0.15, 0.2) is 47.4 Å². The zero-order valence-electron chi connectivity index (χ0n) is 16.8. The average molecular weight is 392 g/mol. The van der Waals surface area contributed by atoms with Gasteiger partial charge in [0.05, 0.1) is 19.8 Å². The van der Waals surface area contributed by atoms with Gasteiger partial charge in [-0.3, -0.25) is 0 Å². The summed E-state index contributed by atoms with van der Waals surface area (Å²) in [7, 11) is 1.35. The molecule has 1 aliphatic carbocycles. The van der Waals surface area contributed by atoms with Gasteiger partial charge in [-0.2, -0.15) is 8.78 Å². The van der Waals surface area contributed by atoms with Crippen LogP contribution >= 0.6 is 0 Å². The quantitative estimate of drug-likeness (QED) is 0.534. The third-order valence-electron chi connectivity index (χ3n) is 5.59. The lowest BCUT2D eigenvalue weighted by molar-refractivity contribution is -0.0371. The van der Waals surface area contributed by atoms with Crippen molar-refractivity contribution < 1.29 is 23.0 Å². The van der Waals surface area contributed by atoms with Crippen molar-refractivity contribution >= 4 is 0 Å². The SMILES string of the molecule is CCCCc1ccc(C2CCC(COC3=C(F)C(F)=C(OC)CC3)OC2)cc1. The number of aryl methyl sites for hydroxylation is 1. The van der Waals surface area contributed by atoms with Gasteiger partial charge in [-0.05, 0) is 36.8 Å². The van der Waals surface area contributed by atoms with Crippen LogP contribution < -0.4 is 0 Å². The van der Waals surface area contributed by atoms with Gasteiger partial charge < -0.3 is 14.2 Å². The van der Waals surface area contributed by atoms with E-state index in [0.717, 1.165) is 19.3 Å². The van der Waals surface area contributed by atoms with E-state index in [4.69, 9.17) is 14.2 Å². The second kappa shape index (κ2) is 10.1. The molecule has 1 aromatic carbocycles. The summed E-state index contributed by atoms with van der Waals surface area (Å²) in [6.07, 6.45) is 5.94. The summed E-state index contributed by atoms with van der Waals surface area (Å²) in [5.41, 5.74) is 2.69. The molecule has 2 atom stereocenters. The van der Waals surface area contributed by atoms with Crippen molar-refractivity contribution in [3.05, 3.63) is 58.6 Å². The first-order chi connectivity index (χ1) is 13.6. The van der Waals surface area contributed by atoms with Gasteiger partial charge in [-0.15, -0.1) is 0 Å². The van der Waals surface area contributed by atoms with Crippen LogP contribution in [0.4, 0.5) is 8.78 Å². The summed E-state index contributed by atoms with van der Waals surface area (Å²) in [5, 5.41) is 0. The maximum absolute atomic E-state index is 14.0. The van der Waals surface area contributed by atoms with Crippen LogP contribution in [0.3, 0.4) is 0 Å². The fourth-order valence-electron chi connectivity index (χ4n) is 3.75. The highest BCUT2D eigenvalue weighted by Gasteiger charge is 2.27. The highest BCUT2D eigenvalue weighted by Crippen LogP contribution is 2.34. The van der Waals surface area contributed by atoms with E-state index < -0.39 is 11.7 Å². The average Bonchev–Trinajstić information content (AvgIpc) is 2.74. The first-order valence-electron chi connectivity index (χ1n) is 10.3. The summed E-state index contributed by atoms with van der Waals surface area (Å²) < 4.78 is 44.2. The Hall–Kier alpha value is -1.88. The highest BCUT2D eigenvalue weighted by atomic mass is 19.2. The molecule has 154 valence electrons. The Labute approximate surface area is 166 Å². The molecule has 3 nitrogen and oxygen atoms in total. The number of allylic oxidation sites excluding steroid dienone is 4. The topological polar surface area (TPSA) is 27.7 Å². The summed E-state index contributed by atoms with van der Waals surface area (Å²) >= 11 is 0. The molecule has 0 bridgehead atoms. The second-order valence-electron chi connectivity index (χ2n) is 7.56. The number of halogens is 2. The Morgan fingerprint density at radius 1 is 1.04 bits per heavy atom. The number of hydrogen-bond acceptors (Lipinski definition) is 3. The van der Waals surface area contributed by atoms with Crippen molar-refractivity contribution in [1.29, 1.82) is 0 Å². The number of methoxy groups -OCH3 is 1. The van der Waals surface area contributed by atoms with E-state index >= 15 is 0 Å². The highest BCUT2D eigenvalue weighted by molar-refractivity contribution is 5.29. The molecule has 1 aromatic rings. The molecule has 0 N–H and O–H groups in total. The number of ether oxygens (including phenoxy) is 3. The molecule has 0 amide bonds. The zero-order chi connectivity index (χ0) is 19.9. The lowest BCUT2D eigenvalue weighted by Crippen LogP contribution is -2.28. The van der Waals surface area contributed by atoms with Crippen LogP contribution in [0.1, 0.15) is 62.5 Å². The predicted molar refractivity (Wildman–Crippen MR) is 105 cm³/mol. The third-order valence-corrected chi connectivity index (χ3v) is 5.59. The molecular weight excluding hydrogens is 362 g/mol. The van der Waals surface area contributed by atoms with Crippen LogP contribution in [0.25, 0.3) is 0 Å². The smallest absolute Gasteiger partial charge is 0.199 e. The minimum absolute atomic E-state index is 0.0438. The van der Waals surface area contributed by atoms with Crippen molar-refractivity contribution in [2.45, 2.75) is 63.9 Å². The van der Waals surface area contributed by atoms with Crippen LogP contribution in [0.2, 0.25) is 0 Å². The number of unbranched alkanes of at least 4 members (excludes halogenated alkanes) is 1. The predicted octanol–water partition coefficient (Wildman–Crippen LogP) is 6.11. The third kappa shape index (κ3) is 5.13. The van der Waals surface area contributed by atoms with E-state index in [2.05, 4.69) is 31.2 Å². The zero-order valence-corrected chi connectivity index (χ0v) is 16.8. The van der Waals surface area contributed by atoms with Gasteiger partial charge in [0.15, 0.2) is 11.7 Å². The summed E-state index contributed by atoms with van der Waals surface area (Å²) in [5.74, 6) is -1.41. The Kier molecular flexibility index (Phi) is 7.49. The molecule has 3 rings (SSSR count). The minimum atomic E-state index is -0.948. The van der Waals surface area contributed by atoms with E-state index in [9.17, 15) is 8.78 Å². The molecule has 5 heteroatoms. The monoisotopic (exact) mass is 392 g/mol. The number of benzene rings is 1. The van der Waals surface area contributed by atoms with Crippen LogP contribution in [0.5, 0.6) is 0 Å². The molecule has 2 aliphatic rings. The largest absolute Gasteiger partial charge is 0.498 e. The Morgan fingerprint density at radius 3 is 2.39 bits per heavy atom. The van der Waals surface area contributed by atoms with Crippen molar-refractivity contribution in [1.82, 2.24) is 0 Å². The van der Waals surface area contributed by atoms with Crippen molar-refractivity contribution in [3.63, 3.8) is 0 Å². The first-order valence-corrected chi connectivity index (χ1v) is 10.3. The molecule has 1 saturated heterocycles.